The molecular formula is C28H20N4O2. The van der Waals surface area contributed by atoms with Crippen molar-refractivity contribution in [3.63, 3.8) is 0 Å². The SMILES string of the molecule is C=CCn1cc(OC(=O)c2ccccc2)c2c1nc(-c1ccccc1)n1c3ccccc3nc21. The van der Waals surface area contributed by atoms with E-state index in [-0.39, 0.29) is 0 Å². The van der Waals surface area contributed by atoms with Crippen LogP contribution >= 0.6 is 0 Å². The molecule has 6 aromatic rings. The van der Waals surface area contributed by atoms with E-state index >= 15 is 0 Å². The number of para-hydroxylation sites is 2. The lowest BCUT2D eigenvalue weighted by atomic mass is 10.2. The molecular weight excluding hydrogens is 424 g/mol. The molecule has 3 heterocycles. The minimum absolute atomic E-state index is 0.415. The van der Waals surface area contributed by atoms with Gasteiger partial charge in [-0.25, -0.2) is 14.8 Å². The smallest absolute Gasteiger partial charge is 0.343 e. The third-order valence-electron chi connectivity index (χ3n) is 5.79. The van der Waals surface area contributed by atoms with Crippen LogP contribution in [0.1, 0.15) is 10.4 Å². The number of hydrogen-bond donors (Lipinski definition) is 0. The summed E-state index contributed by atoms with van der Waals surface area (Å²) in [6, 6.07) is 26.9. The molecule has 0 bridgehead atoms. The summed E-state index contributed by atoms with van der Waals surface area (Å²) in [4.78, 5) is 22.9. The van der Waals surface area contributed by atoms with Crippen LogP contribution in [-0.4, -0.2) is 24.9 Å². The van der Waals surface area contributed by atoms with Gasteiger partial charge < -0.3 is 9.30 Å². The van der Waals surface area contributed by atoms with Crippen LogP contribution in [0.25, 0.3) is 39.1 Å². The Morgan fingerprint density at radius 3 is 2.35 bits per heavy atom. The van der Waals surface area contributed by atoms with Crippen LogP contribution in [0.4, 0.5) is 0 Å². The topological polar surface area (TPSA) is 61.4 Å². The Balaban J connectivity index is 1.68. The number of esters is 1. The van der Waals surface area contributed by atoms with Crippen molar-refractivity contribution in [3.05, 3.63) is 109 Å². The van der Waals surface area contributed by atoms with Gasteiger partial charge in [-0.05, 0) is 24.3 Å². The second-order valence-corrected chi connectivity index (χ2v) is 7.95. The van der Waals surface area contributed by atoms with Crippen molar-refractivity contribution in [2.75, 3.05) is 0 Å². The Bertz CT molecular complexity index is 1680. The molecule has 0 saturated carbocycles. The van der Waals surface area contributed by atoms with Gasteiger partial charge in [-0.2, -0.15) is 0 Å². The first-order valence-electron chi connectivity index (χ1n) is 11.0. The Morgan fingerprint density at radius 2 is 1.59 bits per heavy atom. The number of aromatic nitrogens is 4. The second-order valence-electron chi connectivity index (χ2n) is 7.95. The van der Waals surface area contributed by atoms with E-state index in [2.05, 4.69) is 6.58 Å². The summed E-state index contributed by atoms with van der Waals surface area (Å²) >= 11 is 0. The molecule has 0 atom stereocenters. The van der Waals surface area contributed by atoms with E-state index in [1.165, 1.54) is 0 Å². The number of ether oxygens (including phenoxy) is 1. The largest absolute Gasteiger partial charge is 0.420 e. The second kappa shape index (κ2) is 8.01. The predicted octanol–water partition coefficient (Wildman–Crippen LogP) is 5.91. The van der Waals surface area contributed by atoms with E-state index < -0.39 is 5.97 Å². The molecule has 0 saturated heterocycles. The lowest BCUT2D eigenvalue weighted by Crippen LogP contribution is -2.08. The monoisotopic (exact) mass is 444 g/mol. The number of allylic oxidation sites excluding steroid dienone is 1. The fourth-order valence-electron chi connectivity index (χ4n) is 4.28. The third kappa shape index (κ3) is 3.16. The maximum Gasteiger partial charge on any atom is 0.343 e. The van der Waals surface area contributed by atoms with Crippen LogP contribution in [0.15, 0.2) is 104 Å². The van der Waals surface area contributed by atoms with Gasteiger partial charge in [0.25, 0.3) is 0 Å². The zero-order valence-electron chi connectivity index (χ0n) is 18.3. The first-order chi connectivity index (χ1) is 16.7. The Kier molecular flexibility index (Phi) is 4.70. The van der Waals surface area contributed by atoms with Gasteiger partial charge in [0.05, 0.1) is 16.6 Å². The molecule has 6 heteroatoms. The fraction of sp³-hybridized carbons (Fsp3) is 0.0357. The minimum Gasteiger partial charge on any atom is -0.420 e. The highest BCUT2D eigenvalue weighted by Crippen LogP contribution is 2.36. The van der Waals surface area contributed by atoms with E-state index in [1.54, 1.807) is 24.4 Å². The van der Waals surface area contributed by atoms with Crippen LogP contribution in [0.3, 0.4) is 0 Å². The summed E-state index contributed by atoms with van der Waals surface area (Å²) < 4.78 is 9.87. The van der Waals surface area contributed by atoms with Crippen LogP contribution in [-0.2, 0) is 6.54 Å². The van der Waals surface area contributed by atoms with Crippen molar-refractivity contribution in [2.45, 2.75) is 6.54 Å². The maximum absolute atomic E-state index is 12.9. The van der Waals surface area contributed by atoms with Crippen molar-refractivity contribution in [3.8, 4) is 17.1 Å². The number of rotatable bonds is 5. The molecule has 3 aromatic heterocycles. The van der Waals surface area contributed by atoms with Gasteiger partial charge in [-0.1, -0.05) is 66.7 Å². The van der Waals surface area contributed by atoms with Crippen molar-refractivity contribution in [1.82, 2.24) is 18.9 Å². The van der Waals surface area contributed by atoms with Crippen LogP contribution in [0.5, 0.6) is 5.75 Å². The zero-order valence-corrected chi connectivity index (χ0v) is 18.3. The standard InChI is InChI=1S/C28H20N4O2/c1-2-17-31-18-23(34-28(33)20-13-7-4-8-14-20)24-26(31)30-25(19-11-5-3-6-12-19)32-22-16-10-9-15-21(22)29-27(24)32/h2-16,18H,1,17H2. The zero-order chi connectivity index (χ0) is 23.1. The quantitative estimate of drug-likeness (QED) is 0.245. The van der Waals surface area contributed by atoms with Crippen LogP contribution < -0.4 is 4.74 Å². The number of benzene rings is 3. The molecule has 0 unspecified atom stereocenters. The molecule has 0 spiro atoms. The van der Waals surface area contributed by atoms with Gasteiger partial charge >= 0.3 is 5.97 Å². The Hall–Kier alpha value is -4.71. The number of carbonyl (C=O) groups excluding carboxylic acids is 1. The molecule has 0 N–H and O–H groups in total. The Morgan fingerprint density at radius 1 is 0.882 bits per heavy atom. The maximum atomic E-state index is 12.9. The van der Waals surface area contributed by atoms with Crippen molar-refractivity contribution >= 4 is 33.7 Å². The van der Waals surface area contributed by atoms with Crippen LogP contribution in [0.2, 0.25) is 0 Å². The summed E-state index contributed by atoms with van der Waals surface area (Å²) in [5.41, 5.74) is 4.58. The number of imidazole rings is 1. The lowest BCUT2D eigenvalue weighted by molar-refractivity contribution is 0.0737. The van der Waals surface area contributed by atoms with E-state index in [9.17, 15) is 4.79 Å². The van der Waals surface area contributed by atoms with E-state index in [4.69, 9.17) is 14.7 Å². The van der Waals surface area contributed by atoms with Crippen LogP contribution in [0, 0.1) is 0 Å². The molecule has 6 rings (SSSR count). The fourth-order valence-corrected chi connectivity index (χ4v) is 4.28. The highest BCUT2D eigenvalue weighted by molar-refractivity contribution is 6.03. The number of hydrogen-bond acceptors (Lipinski definition) is 4. The molecule has 0 aliphatic rings. The average Bonchev–Trinajstić information content (AvgIpc) is 3.43. The summed E-state index contributed by atoms with van der Waals surface area (Å²) in [6.45, 7) is 4.39. The van der Waals surface area contributed by atoms with Gasteiger partial charge in [0, 0.05) is 18.3 Å². The summed E-state index contributed by atoms with van der Waals surface area (Å²) in [5.74, 6) is 0.749. The molecule has 0 amide bonds. The molecule has 3 aromatic carbocycles. The van der Waals surface area contributed by atoms with E-state index in [1.807, 2.05) is 81.8 Å². The first kappa shape index (κ1) is 19.9. The molecule has 0 aliphatic heterocycles. The predicted molar refractivity (Wildman–Crippen MR) is 133 cm³/mol. The number of nitrogens with zero attached hydrogens (tertiary/aromatic N) is 4. The number of fused-ring (bicyclic) bond motifs is 5. The lowest BCUT2D eigenvalue weighted by Gasteiger charge is -2.09. The molecule has 34 heavy (non-hydrogen) atoms. The third-order valence-corrected chi connectivity index (χ3v) is 5.79. The Labute approximate surface area is 195 Å². The summed E-state index contributed by atoms with van der Waals surface area (Å²) in [7, 11) is 0. The number of carbonyl (C=O) groups is 1. The molecule has 0 fully saturated rings. The van der Waals surface area contributed by atoms with Gasteiger partial charge in [0.1, 0.15) is 16.9 Å². The van der Waals surface area contributed by atoms with Gasteiger partial charge in [-0.15, -0.1) is 6.58 Å². The normalized spacial score (nSPS) is 11.3. The van der Waals surface area contributed by atoms with Crippen molar-refractivity contribution in [1.29, 1.82) is 0 Å². The summed E-state index contributed by atoms with van der Waals surface area (Å²) in [6.07, 6.45) is 3.59. The molecule has 0 radical (unpaired) electrons. The van der Waals surface area contributed by atoms with Crippen molar-refractivity contribution < 1.29 is 9.53 Å². The minimum atomic E-state index is -0.431. The molecule has 164 valence electrons. The van der Waals surface area contributed by atoms with Crippen molar-refractivity contribution in [2.24, 2.45) is 0 Å². The van der Waals surface area contributed by atoms with Gasteiger partial charge in [0.2, 0.25) is 0 Å². The highest BCUT2D eigenvalue weighted by Gasteiger charge is 2.23. The van der Waals surface area contributed by atoms with Gasteiger partial charge in [0.15, 0.2) is 11.4 Å². The average molecular weight is 444 g/mol. The highest BCUT2D eigenvalue weighted by atomic mass is 16.5. The summed E-state index contributed by atoms with van der Waals surface area (Å²) in [5, 5.41) is 0.682. The van der Waals surface area contributed by atoms with E-state index in [0.29, 0.717) is 34.5 Å². The first-order valence-corrected chi connectivity index (χ1v) is 11.0. The van der Waals surface area contributed by atoms with Gasteiger partial charge in [-0.3, -0.25) is 4.40 Å². The molecule has 0 aliphatic carbocycles. The molecule has 6 nitrogen and oxygen atoms in total. The van der Waals surface area contributed by atoms with E-state index in [0.717, 1.165) is 22.4 Å².